The summed E-state index contributed by atoms with van der Waals surface area (Å²) in [6.07, 6.45) is 19.7. The maximum atomic E-state index is 3.75. The molecule has 0 aliphatic rings. The summed E-state index contributed by atoms with van der Waals surface area (Å²) in [5.74, 6) is 0. The van der Waals surface area contributed by atoms with Gasteiger partial charge in [-0.15, -0.1) is 0 Å². The van der Waals surface area contributed by atoms with E-state index in [4.69, 9.17) is 0 Å². The van der Waals surface area contributed by atoms with Gasteiger partial charge in [0.25, 0.3) is 0 Å². The topological polar surface area (TPSA) is 0 Å². The Bertz CT molecular complexity index is 214. The highest BCUT2D eigenvalue weighted by Gasteiger charge is 1.68. The molecule has 0 aromatic carbocycles. The number of hydrogen-bond acceptors (Lipinski definition) is 0. The molecule has 0 aliphatic carbocycles. The SMILES string of the molecule is [CH2]CC/C=C/C=C/C=C/C=C/C=C. The minimum Gasteiger partial charge on any atom is -0.0991 e. The van der Waals surface area contributed by atoms with Crippen molar-refractivity contribution in [3.05, 3.63) is 68.2 Å². The zero-order chi connectivity index (χ0) is 9.78. The molecule has 0 aromatic rings. The van der Waals surface area contributed by atoms with E-state index in [-0.39, 0.29) is 0 Å². The zero-order valence-corrected chi connectivity index (χ0v) is 8.02. The Balaban J connectivity index is 3.56. The van der Waals surface area contributed by atoms with E-state index in [2.05, 4.69) is 19.6 Å². The molecule has 0 amide bonds. The zero-order valence-electron chi connectivity index (χ0n) is 8.02. The van der Waals surface area contributed by atoms with Gasteiger partial charge in [0.2, 0.25) is 0 Å². The molecule has 1 radical (unpaired) electrons. The molecule has 0 heteroatoms. The quantitative estimate of drug-likeness (QED) is 0.532. The molecule has 0 heterocycles. The fourth-order valence-corrected chi connectivity index (χ4v) is 0.692. The van der Waals surface area contributed by atoms with Gasteiger partial charge in [-0.05, 0) is 12.8 Å². The lowest BCUT2D eigenvalue weighted by Gasteiger charge is -1.79. The van der Waals surface area contributed by atoms with Gasteiger partial charge in [0.1, 0.15) is 0 Å². The van der Waals surface area contributed by atoms with Gasteiger partial charge >= 0.3 is 0 Å². The largest absolute Gasteiger partial charge is 0.0991 e. The second-order valence-electron chi connectivity index (χ2n) is 2.46. The van der Waals surface area contributed by atoms with Crippen LogP contribution in [0.4, 0.5) is 0 Å². The molecule has 0 fully saturated rings. The monoisotopic (exact) mass is 173 g/mol. The molecule has 0 N–H and O–H groups in total. The van der Waals surface area contributed by atoms with Crippen molar-refractivity contribution >= 4 is 0 Å². The lowest BCUT2D eigenvalue weighted by molar-refractivity contribution is 1.05. The first-order chi connectivity index (χ1) is 6.41. The van der Waals surface area contributed by atoms with Crippen molar-refractivity contribution in [2.45, 2.75) is 12.8 Å². The van der Waals surface area contributed by atoms with Crippen molar-refractivity contribution in [2.24, 2.45) is 0 Å². The van der Waals surface area contributed by atoms with Crippen LogP contribution in [0.3, 0.4) is 0 Å². The normalized spacial score (nSPS) is 12.7. The first kappa shape index (κ1) is 11.7. The van der Waals surface area contributed by atoms with E-state index in [0.717, 1.165) is 12.8 Å². The Morgan fingerprint density at radius 2 is 1.31 bits per heavy atom. The van der Waals surface area contributed by atoms with Crippen molar-refractivity contribution in [1.82, 2.24) is 0 Å². The van der Waals surface area contributed by atoms with Crippen LogP contribution in [0.5, 0.6) is 0 Å². The van der Waals surface area contributed by atoms with E-state index in [1.807, 2.05) is 42.5 Å². The molecule has 69 valence electrons. The minimum absolute atomic E-state index is 0.961. The summed E-state index contributed by atoms with van der Waals surface area (Å²) in [6.45, 7) is 7.32. The summed E-state index contributed by atoms with van der Waals surface area (Å²) in [5, 5.41) is 0. The average molecular weight is 173 g/mol. The maximum absolute atomic E-state index is 3.75. The van der Waals surface area contributed by atoms with E-state index < -0.39 is 0 Å². The van der Waals surface area contributed by atoms with Crippen molar-refractivity contribution in [3.63, 3.8) is 0 Å². The average Bonchev–Trinajstić information content (AvgIpc) is 2.16. The van der Waals surface area contributed by atoms with Crippen molar-refractivity contribution in [3.8, 4) is 0 Å². The summed E-state index contributed by atoms with van der Waals surface area (Å²) >= 11 is 0. The third kappa shape index (κ3) is 10.7. The van der Waals surface area contributed by atoms with E-state index in [1.165, 1.54) is 0 Å². The Morgan fingerprint density at radius 1 is 0.769 bits per heavy atom. The first-order valence-electron chi connectivity index (χ1n) is 4.48. The van der Waals surface area contributed by atoms with Crippen LogP contribution in [0.2, 0.25) is 0 Å². The summed E-state index contributed by atoms with van der Waals surface area (Å²) in [4.78, 5) is 0. The van der Waals surface area contributed by atoms with Gasteiger partial charge in [0, 0.05) is 0 Å². The van der Waals surface area contributed by atoms with Gasteiger partial charge in [0.05, 0.1) is 0 Å². The van der Waals surface area contributed by atoms with Gasteiger partial charge in [-0.2, -0.15) is 0 Å². The Morgan fingerprint density at radius 3 is 1.85 bits per heavy atom. The molecule has 0 saturated carbocycles. The number of unbranched alkanes of at least 4 members (excludes halogenated alkanes) is 1. The molecule has 0 atom stereocenters. The highest BCUT2D eigenvalue weighted by atomic mass is 13.7. The Kier molecular flexibility index (Phi) is 9.63. The van der Waals surface area contributed by atoms with Crippen LogP contribution in [-0.2, 0) is 0 Å². The third-order valence-electron chi connectivity index (χ3n) is 1.31. The lowest BCUT2D eigenvalue weighted by atomic mass is 10.3. The van der Waals surface area contributed by atoms with E-state index in [9.17, 15) is 0 Å². The molecule has 0 aliphatic heterocycles. The summed E-state index contributed by atoms with van der Waals surface area (Å²) in [7, 11) is 0. The molecule has 0 nitrogen and oxygen atoms in total. The maximum Gasteiger partial charge on any atom is -0.0348 e. The van der Waals surface area contributed by atoms with Gasteiger partial charge in [0.15, 0.2) is 0 Å². The van der Waals surface area contributed by atoms with Crippen LogP contribution >= 0.6 is 0 Å². The van der Waals surface area contributed by atoms with Crippen molar-refractivity contribution in [2.75, 3.05) is 0 Å². The molecule has 0 rings (SSSR count). The van der Waals surface area contributed by atoms with E-state index >= 15 is 0 Å². The predicted molar refractivity (Wildman–Crippen MR) is 61.3 cm³/mol. The fourth-order valence-electron chi connectivity index (χ4n) is 0.692. The van der Waals surface area contributed by atoms with Crippen LogP contribution in [0, 0.1) is 6.92 Å². The first-order valence-corrected chi connectivity index (χ1v) is 4.48. The molecular formula is C13H17. The van der Waals surface area contributed by atoms with Crippen LogP contribution in [-0.4, -0.2) is 0 Å². The number of allylic oxidation sites excluding steroid dienone is 9. The third-order valence-corrected chi connectivity index (χ3v) is 1.31. The van der Waals surface area contributed by atoms with Gasteiger partial charge < -0.3 is 0 Å². The Labute approximate surface area is 81.7 Å². The molecule has 13 heavy (non-hydrogen) atoms. The van der Waals surface area contributed by atoms with Crippen molar-refractivity contribution in [1.29, 1.82) is 0 Å². The number of hydrogen-bond donors (Lipinski definition) is 0. The molecule has 0 saturated heterocycles. The predicted octanol–water partition coefficient (Wildman–Crippen LogP) is 4.01. The summed E-state index contributed by atoms with van der Waals surface area (Å²) in [6, 6.07) is 0. The second-order valence-corrected chi connectivity index (χ2v) is 2.46. The second kappa shape index (κ2) is 10.7. The highest BCUT2D eigenvalue weighted by molar-refractivity contribution is 5.17. The standard InChI is InChI=1S/C13H17/c1-3-5-7-9-11-13-12-10-8-6-4-2/h3,5,7-13H,1-2,4,6H2/b7-5+,10-8+,11-9+,13-12+. The molecule has 0 bridgehead atoms. The molecular weight excluding hydrogens is 156 g/mol. The van der Waals surface area contributed by atoms with Crippen LogP contribution in [0.1, 0.15) is 12.8 Å². The fraction of sp³-hybridized carbons (Fsp3) is 0.154. The molecule has 0 spiro atoms. The molecule has 0 unspecified atom stereocenters. The van der Waals surface area contributed by atoms with Gasteiger partial charge in [-0.1, -0.05) is 68.2 Å². The van der Waals surface area contributed by atoms with Crippen LogP contribution in [0.25, 0.3) is 0 Å². The highest BCUT2D eigenvalue weighted by Crippen LogP contribution is 1.88. The smallest absolute Gasteiger partial charge is 0.0348 e. The van der Waals surface area contributed by atoms with Crippen LogP contribution in [0.15, 0.2) is 61.3 Å². The summed E-state index contributed by atoms with van der Waals surface area (Å²) < 4.78 is 0. The van der Waals surface area contributed by atoms with Crippen LogP contribution < -0.4 is 0 Å². The molecule has 0 aromatic heterocycles. The van der Waals surface area contributed by atoms with E-state index in [1.54, 1.807) is 6.08 Å². The van der Waals surface area contributed by atoms with Crippen molar-refractivity contribution < 1.29 is 0 Å². The minimum atomic E-state index is 0.961. The Hall–Kier alpha value is -1.30. The van der Waals surface area contributed by atoms with E-state index in [0.29, 0.717) is 0 Å². The van der Waals surface area contributed by atoms with Gasteiger partial charge in [-0.3, -0.25) is 0 Å². The summed E-state index contributed by atoms with van der Waals surface area (Å²) in [5.41, 5.74) is 0. The lowest BCUT2D eigenvalue weighted by Crippen LogP contribution is -1.58. The number of rotatable bonds is 6. The van der Waals surface area contributed by atoms with Gasteiger partial charge in [-0.25, -0.2) is 0 Å².